The Morgan fingerprint density at radius 3 is 2.57 bits per heavy atom. The largest absolute Gasteiger partial charge is 0.360 e. The first-order valence-corrected chi connectivity index (χ1v) is 12.8. The monoisotopic (exact) mass is 462 g/mol. The molecule has 0 bridgehead atoms. The third-order valence-electron chi connectivity index (χ3n) is 8.18. The lowest BCUT2D eigenvalue weighted by Crippen LogP contribution is -2.42. The van der Waals surface area contributed by atoms with Crippen LogP contribution in [-0.2, 0) is 0 Å². The number of fused-ring (bicyclic) bond motifs is 1. The van der Waals surface area contributed by atoms with Crippen LogP contribution in [0.5, 0.6) is 0 Å². The molecule has 2 fully saturated rings. The van der Waals surface area contributed by atoms with Crippen LogP contribution in [0.3, 0.4) is 0 Å². The molecule has 1 aliphatic heterocycles. The number of aromatic nitrogens is 3. The molecule has 2 aromatic heterocycles. The quantitative estimate of drug-likeness (QED) is 0.332. The van der Waals surface area contributed by atoms with Crippen molar-refractivity contribution in [3.63, 3.8) is 0 Å². The molecule has 7 rings (SSSR count). The normalized spacial score (nSPS) is 19.1. The number of piperidine rings is 1. The highest BCUT2D eigenvalue weighted by molar-refractivity contribution is 5.85. The summed E-state index contributed by atoms with van der Waals surface area (Å²) in [7, 11) is 0. The minimum absolute atomic E-state index is 0.286. The van der Waals surface area contributed by atoms with E-state index in [-0.39, 0.29) is 5.41 Å². The first-order chi connectivity index (χ1) is 17.1. The topological polar surface area (TPSA) is 55.1 Å². The Morgan fingerprint density at radius 1 is 1.00 bits per heavy atom. The number of allylic oxidation sites excluding steroid dienone is 2. The van der Waals surface area contributed by atoms with E-state index in [4.69, 9.17) is 9.51 Å². The second-order valence-corrected chi connectivity index (χ2v) is 10.8. The molecule has 176 valence electrons. The Hall–Kier alpha value is -3.47. The van der Waals surface area contributed by atoms with Crippen LogP contribution in [0.15, 0.2) is 59.3 Å². The van der Waals surface area contributed by atoms with Crippen LogP contribution in [0.1, 0.15) is 60.5 Å². The van der Waals surface area contributed by atoms with Crippen molar-refractivity contribution in [3.05, 3.63) is 77.2 Å². The van der Waals surface area contributed by atoms with E-state index in [0.717, 1.165) is 60.7 Å². The van der Waals surface area contributed by atoms with E-state index < -0.39 is 0 Å². The smallest absolute Gasteiger partial charge is 0.147 e. The van der Waals surface area contributed by atoms with Crippen molar-refractivity contribution in [1.29, 1.82) is 0 Å². The standard InChI is InChI=1S/C30H30N4O/c1-19-7-10-24-25(15-19)31-18-26(32-24)34-13-11-30(12-14-34)16-22(17-30)27-28(23-6-4-3-5-20(23)2)33-35-29(27)21-8-9-21/h3-7,10,15-16,18,21H,8-9,11-14,17H2,1-2H3. The molecule has 3 heterocycles. The van der Waals surface area contributed by atoms with E-state index >= 15 is 0 Å². The molecule has 35 heavy (non-hydrogen) atoms. The van der Waals surface area contributed by atoms with Crippen LogP contribution >= 0.6 is 0 Å². The summed E-state index contributed by atoms with van der Waals surface area (Å²) >= 11 is 0. The number of nitrogens with zero attached hydrogens (tertiary/aromatic N) is 4. The van der Waals surface area contributed by atoms with Crippen molar-refractivity contribution in [2.75, 3.05) is 18.0 Å². The Labute approximate surface area is 205 Å². The zero-order valence-electron chi connectivity index (χ0n) is 20.4. The van der Waals surface area contributed by atoms with Gasteiger partial charge < -0.3 is 9.42 Å². The van der Waals surface area contributed by atoms with Gasteiger partial charge in [-0.15, -0.1) is 0 Å². The maximum absolute atomic E-state index is 5.96. The van der Waals surface area contributed by atoms with Crippen LogP contribution in [-0.4, -0.2) is 28.2 Å². The van der Waals surface area contributed by atoms with Gasteiger partial charge in [-0.25, -0.2) is 4.98 Å². The molecule has 0 amide bonds. The highest BCUT2D eigenvalue weighted by Gasteiger charge is 2.44. The molecule has 3 aliphatic rings. The summed E-state index contributed by atoms with van der Waals surface area (Å²) < 4.78 is 5.96. The van der Waals surface area contributed by atoms with Crippen LogP contribution in [0.4, 0.5) is 5.82 Å². The summed E-state index contributed by atoms with van der Waals surface area (Å²) in [5, 5.41) is 4.59. The summed E-state index contributed by atoms with van der Waals surface area (Å²) in [6.07, 6.45) is 10.3. The fourth-order valence-electron chi connectivity index (χ4n) is 5.91. The lowest BCUT2D eigenvalue weighted by Gasteiger charge is -2.46. The summed E-state index contributed by atoms with van der Waals surface area (Å²) in [5.74, 6) is 2.66. The summed E-state index contributed by atoms with van der Waals surface area (Å²) in [5.41, 5.74) is 9.64. The molecule has 4 aromatic rings. The van der Waals surface area contributed by atoms with Gasteiger partial charge in [0, 0.05) is 30.1 Å². The molecule has 5 nitrogen and oxygen atoms in total. The van der Waals surface area contributed by atoms with E-state index in [9.17, 15) is 0 Å². The fourth-order valence-corrected chi connectivity index (χ4v) is 5.91. The first-order valence-electron chi connectivity index (χ1n) is 12.8. The molecule has 5 heteroatoms. The van der Waals surface area contributed by atoms with Crippen molar-refractivity contribution in [2.24, 2.45) is 5.41 Å². The molecule has 0 N–H and O–H groups in total. The van der Waals surface area contributed by atoms with Crippen LogP contribution in [0.25, 0.3) is 27.9 Å². The number of hydrogen-bond donors (Lipinski definition) is 0. The van der Waals surface area contributed by atoms with Crippen molar-refractivity contribution in [1.82, 2.24) is 15.1 Å². The number of hydrogen-bond acceptors (Lipinski definition) is 5. The number of benzene rings is 2. The molecule has 0 radical (unpaired) electrons. The van der Waals surface area contributed by atoms with Gasteiger partial charge >= 0.3 is 0 Å². The molecule has 0 atom stereocenters. The molecule has 2 aliphatic carbocycles. The summed E-state index contributed by atoms with van der Waals surface area (Å²) in [6, 6.07) is 14.8. The minimum Gasteiger partial charge on any atom is -0.360 e. The van der Waals surface area contributed by atoms with Gasteiger partial charge in [0.25, 0.3) is 0 Å². The predicted octanol–water partition coefficient (Wildman–Crippen LogP) is 6.85. The van der Waals surface area contributed by atoms with Crippen LogP contribution in [0.2, 0.25) is 0 Å². The minimum atomic E-state index is 0.286. The Bertz CT molecular complexity index is 1470. The fraction of sp³-hybridized carbons (Fsp3) is 0.367. The van der Waals surface area contributed by atoms with Crippen molar-refractivity contribution < 1.29 is 4.52 Å². The number of anilines is 1. The number of aryl methyl sites for hydroxylation is 2. The third kappa shape index (κ3) is 3.56. The second kappa shape index (κ2) is 7.77. The SMILES string of the molecule is Cc1ccc2nc(N3CCC4(C=C(c5c(-c6ccccc6C)noc5C5CC5)C4)CC3)cnc2c1. The van der Waals surface area contributed by atoms with Gasteiger partial charge in [0.05, 0.1) is 17.2 Å². The van der Waals surface area contributed by atoms with Gasteiger partial charge in [-0.1, -0.05) is 41.6 Å². The summed E-state index contributed by atoms with van der Waals surface area (Å²) in [6.45, 7) is 6.28. The molecule has 0 unspecified atom stereocenters. The zero-order chi connectivity index (χ0) is 23.6. The Balaban J connectivity index is 1.14. The lowest BCUT2D eigenvalue weighted by atomic mass is 9.63. The van der Waals surface area contributed by atoms with Gasteiger partial charge in [-0.2, -0.15) is 0 Å². The van der Waals surface area contributed by atoms with Gasteiger partial charge in [0.2, 0.25) is 0 Å². The maximum atomic E-state index is 5.96. The van der Waals surface area contributed by atoms with E-state index in [2.05, 4.69) is 77.4 Å². The molecule has 1 saturated carbocycles. The molecule has 2 aromatic carbocycles. The van der Waals surface area contributed by atoms with Crippen molar-refractivity contribution in [2.45, 2.75) is 51.9 Å². The third-order valence-corrected chi connectivity index (χ3v) is 8.18. The van der Waals surface area contributed by atoms with Gasteiger partial charge in [0.15, 0.2) is 0 Å². The zero-order valence-corrected chi connectivity index (χ0v) is 20.4. The van der Waals surface area contributed by atoms with E-state index in [1.54, 1.807) is 0 Å². The molecular formula is C30H30N4O. The molecule has 1 spiro atoms. The predicted molar refractivity (Wildman–Crippen MR) is 139 cm³/mol. The number of rotatable bonds is 4. The Morgan fingerprint density at radius 2 is 1.80 bits per heavy atom. The average molecular weight is 463 g/mol. The van der Waals surface area contributed by atoms with Crippen LogP contribution in [0, 0.1) is 19.3 Å². The van der Waals surface area contributed by atoms with Gasteiger partial charge in [-0.05, 0) is 80.2 Å². The van der Waals surface area contributed by atoms with E-state index in [0.29, 0.717) is 5.92 Å². The average Bonchev–Trinajstić information content (AvgIpc) is 3.61. The van der Waals surface area contributed by atoms with E-state index in [1.165, 1.54) is 40.7 Å². The van der Waals surface area contributed by atoms with E-state index in [1.807, 2.05) is 6.20 Å². The lowest BCUT2D eigenvalue weighted by molar-refractivity contribution is 0.277. The Kier molecular flexibility index (Phi) is 4.63. The molecule has 1 saturated heterocycles. The van der Waals surface area contributed by atoms with Crippen molar-refractivity contribution in [3.8, 4) is 11.3 Å². The highest BCUT2D eigenvalue weighted by Crippen LogP contribution is 2.55. The second-order valence-electron chi connectivity index (χ2n) is 10.8. The van der Waals surface area contributed by atoms with Gasteiger partial charge in [-0.3, -0.25) is 4.98 Å². The maximum Gasteiger partial charge on any atom is 0.147 e. The summed E-state index contributed by atoms with van der Waals surface area (Å²) in [4.78, 5) is 12.0. The molecular weight excluding hydrogens is 432 g/mol. The van der Waals surface area contributed by atoms with Crippen LogP contribution < -0.4 is 4.90 Å². The van der Waals surface area contributed by atoms with Crippen molar-refractivity contribution >= 4 is 22.4 Å². The van der Waals surface area contributed by atoms with Gasteiger partial charge in [0.1, 0.15) is 17.3 Å². The first kappa shape index (κ1) is 20.9. The highest BCUT2D eigenvalue weighted by atomic mass is 16.5.